The third kappa shape index (κ3) is 2.66. The van der Waals surface area contributed by atoms with E-state index in [1.807, 2.05) is 6.92 Å². The van der Waals surface area contributed by atoms with E-state index in [2.05, 4.69) is 15.9 Å². The monoisotopic (exact) mass is 285 g/mol. The number of hydrogen-bond donors (Lipinski definition) is 0. The fourth-order valence-electron chi connectivity index (χ4n) is 1.47. The Hall–Kier alpha value is -1.23. The lowest BCUT2D eigenvalue weighted by Gasteiger charge is -2.11. The first kappa shape index (κ1) is 12.8. The molecule has 1 aromatic rings. The third-order valence-corrected chi connectivity index (χ3v) is 3.49. The molecule has 0 saturated heterocycles. The highest BCUT2D eigenvalue weighted by Crippen LogP contribution is 2.30. The molecule has 0 fully saturated rings. The fourth-order valence-corrected chi connectivity index (χ4v) is 1.90. The minimum atomic E-state index is -0.470. The van der Waals surface area contributed by atoms with E-state index in [1.54, 1.807) is 6.07 Å². The Labute approximate surface area is 102 Å². The van der Waals surface area contributed by atoms with Crippen LogP contribution in [0.2, 0.25) is 0 Å². The summed E-state index contributed by atoms with van der Waals surface area (Å²) < 4.78 is 0. The summed E-state index contributed by atoms with van der Waals surface area (Å²) in [5, 5.41) is 10.7. The van der Waals surface area contributed by atoms with E-state index in [0.29, 0.717) is 5.56 Å². The van der Waals surface area contributed by atoms with Crippen LogP contribution < -0.4 is 0 Å². The van der Waals surface area contributed by atoms with Gasteiger partial charge in [0, 0.05) is 12.1 Å². The average molecular weight is 286 g/mol. The van der Waals surface area contributed by atoms with E-state index in [-0.39, 0.29) is 11.5 Å². The van der Waals surface area contributed by atoms with Crippen molar-refractivity contribution in [2.24, 2.45) is 0 Å². The molecule has 0 aliphatic carbocycles. The van der Waals surface area contributed by atoms with E-state index < -0.39 is 9.75 Å². The number of carbonyl (C=O) groups is 1. The quantitative estimate of drug-likeness (QED) is 0.485. The number of halogens is 1. The summed E-state index contributed by atoms with van der Waals surface area (Å²) in [6, 6.07) is 4.62. The molecular formula is C11H12BrNO3. The predicted octanol–water partition coefficient (Wildman–Crippen LogP) is 3.18. The van der Waals surface area contributed by atoms with Gasteiger partial charge in [-0.2, -0.15) is 0 Å². The van der Waals surface area contributed by atoms with Crippen LogP contribution in [0, 0.1) is 10.1 Å². The number of nitro groups is 1. The van der Waals surface area contributed by atoms with Crippen LogP contribution in [0.1, 0.15) is 29.8 Å². The summed E-state index contributed by atoms with van der Waals surface area (Å²) in [7, 11) is 0. The molecule has 0 bridgehead atoms. The van der Waals surface area contributed by atoms with Crippen LogP contribution in [-0.4, -0.2) is 10.7 Å². The Bertz CT molecular complexity index is 431. The SMILES string of the molecule is CCc1ccc([N+](=O)[O-])cc1C(Br)C(C)=O. The van der Waals surface area contributed by atoms with Crippen LogP contribution in [0.4, 0.5) is 5.69 Å². The van der Waals surface area contributed by atoms with Gasteiger partial charge in [-0.15, -0.1) is 0 Å². The molecule has 1 unspecified atom stereocenters. The van der Waals surface area contributed by atoms with Crippen LogP contribution >= 0.6 is 15.9 Å². The second kappa shape index (κ2) is 5.21. The molecule has 0 aliphatic heterocycles. The number of hydrogen-bond acceptors (Lipinski definition) is 3. The second-order valence-electron chi connectivity index (χ2n) is 3.47. The molecule has 0 aliphatic rings. The summed E-state index contributed by atoms with van der Waals surface area (Å²) in [5.41, 5.74) is 1.64. The van der Waals surface area contributed by atoms with Crippen molar-refractivity contribution in [1.29, 1.82) is 0 Å². The Morgan fingerprint density at radius 2 is 2.19 bits per heavy atom. The molecule has 4 nitrogen and oxygen atoms in total. The van der Waals surface area contributed by atoms with Gasteiger partial charge in [0.1, 0.15) is 5.78 Å². The molecule has 0 N–H and O–H groups in total. The van der Waals surface area contributed by atoms with Gasteiger partial charge >= 0.3 is 0 Å². The number of alkyl halides is 1. The molecule has 0 heterocycles. The summed E-state index contributed by atoms with van der Waals surface area (Å²) >= 11 is 3.25. The molecule has 0 saturated carbocycles. The van der Waals surface area contributed by atoms with Crippen molar-refractivity contribution < 1.29 is 9.72 Å². The zero-order valence-corrected chi connectivity index (χ0v) is 10.7. The molecule has 0 spiro atoms. The number of ketones is 1. The van der Waals surface area contributed by atoms with Crippen molar-refractivity contribution in [3.63, 3.8) is 0 Å². The zero-order valence-electron chi connectivity index (χ0n) is 9.07. The first-order valence-electron chi connectivity index (χ1n) is 4.89. The summed E-state index contributed by atoms with van der Waals surface area (Å²) in [5.74, 6) is -0.0600. The minimum absolute atomic E-state index is 0.0119. The molecule has 16 heavy (non-hydrogen) atoms. The Balaban J connectivity index is 3.27. The molecule has 1 atom stereocenters. The van der Waals surface area contributed by atoms with Crippen molar-refractivity contribution in [3.05, 3.63) is 39.4 Å². The Morgan fingerprint density at radius 1 is 1.56 bits per heavy atom. The van der Waals surface area contributed by atoms with Crippen LogP contribution in [0.15, 0.2) is 18.2 Å². The molecular weight excluding hydrogens is 274 g/mol. The van der Waals surface area contributed by atoms with Gasteiger partial charge in [-0.05, 0) is 24.5 Å². The summed E-state index contributed by atoms with van der Waals surface area (Å²) in [6.45, 7) is 3.40. The van der Waals surface area contributed by atoms with Gasteiger partial charge in [-0.25, -0.2) is 0 Å². The molecule has 1 rings (SSSR count). The normalized spacial score (nSPS) is 12.2. The number of aryl methyl sites for hydroxylation is 1. The Kier molecular flexibility index (Phi) is 4.18. The Morgan fingerprint density at radius 3 is 2.62 bits per heavy atom. The lowest BCUT2D eigenvalue weighted by atomic mass is 10.00. The van der Waals surface area contributed by atoms with E-state index in [0.717, 1.165) is 12.0 Å². The maximum absolute atomic E-state index is 11.3. The van der Waals surface area contributed by atoms with Crippen molar-refractivity contribution in [3.8, 4) is 0 Å². The van der Waals surface area contributed by atoms with Gasteiger partial charge in [0.25, 0.3) is 5.69 Å². The van der Waals surface area contributed by atoms with Gasteiger partial charge < -0.3 is 0 Å². The smallest absolute Gasteiger partial charge is 0.269 e. The number of carbonyl (C=O) groups excluding carboxylic acids is 1. The molecule has 0 amide bonds. The average Bonchev–Trinajstić information content (AvgIpc) is 2.26. The van der Waals surface area contributed by atoms with Gasteiger partial charge in [-0.3, -0.25) is 14.9 Å². The van der Waals surface area contributed by atoms with Crippen LogP contribution in [0.5, 0.6) is 0 Å². The zero-order chi connectivity index (χ0) is 12.3. The molecule has 86 valence electrons. The van der Waals surface area contributed by atoms with Crippen molar-refractivity contribution >= 4 is 27.4 Å². The van der Waals surface area contributed by atoms with Gasteiger partial charge in [0.05, 0.1) is 9.75 Å². The summed E-state index contributed by atoms with van der Waals surface area (Å²) in [4.78, 5) is 21.0. The largest absolute Gasteiger partial charge is 0.298 e. The standard InChI is InChI=1S/C11H12BrNO3/c1-3-8-4-5-9(13(15)16)6-10(8)11(12)7(2)14/h4-6,11H,3H2,1-2H3. The number of nitrogens with zero attached hydrogens (tertiary/aromatic N) is 1. The highest BCUT2D eigenvalue weighted by Gasteiger charge is 2.19. The van der Waals surface area contributed by atoms with Crippen LogP contribution in [-0.2, 0) is 11.2 Å². The number of non-ortho nitro benzene ring substituents is 1. The van der Waals surface area contributed by atoms with E-state index >= 15 is 0 Å². The second-order valence-corrected chi connectivity index (χ2v) is 4.38. The van der Waals surface area contributed by atoms with E-state index in [1.165, 1.54) is 19.1 Å². The first-order valence-corrected chi connectivity index (χ1v) is 5.80. The van der Waals surface area contributed by atoms with Crippen molar-refractivity contribution in [2.45, 2.75) is 25.1 Å². The van der Waals surface area contributed by atoms with Crippen LogP contribution in [0.25, 0.3) is 0 Å². The third-order valence-electron chi connectivity index (χ3n) is 2.35. The maximum Gasteiger partial charge on any atom is 0.269 e. The highest BCUT2D eigenvalue weighted by atomic mass is 79.9. The maximum atomic E-state index is 11.3. The fraction of sp³-hybridized carbons (Fsp3) is 0.364. The molecule has 1 aromatic carbocycles. The number of benzene rings is 1. The topological polar surface area (TPSA) is 60.2 Å². The molecule has 0 radical (unpaired) electrons. The van der Waals surface area contributed by atoms with E-state index in [9.17, 15) is 14.9 Å². The first-order chi connectivity index (χ1) is 7.47. The van der Waals surface area contributed by atoms with E-state index in [4.69, 9.17) is 0 Å². The molecule has 0 aromatic heterocycles. The molecule has 5 heteroatoms. The number of Topliss-reactive ketones (excluding diaryl/α,β-unsaturated/α-hetero) is 1. The number of rotatable bonds is 4. The number of nitro benzene ring substituents is 1. The minimum Gasteiger partial charge on any atom is -0.298 e. The predicted molar refractivity (Wildman–Crippen MR) is 64.8 cm³/mol. The van der Waals surface area contributed by atoms with Crippen LogP contribution in [0.3, 0.4) is 0 Å². The van der Waals surface area contributed by atoms with Gasteiger partial charge in [-0.1, -0.05) is 28.9 Å². The van der Waals surface area contributed by atoms with Gasteiger partial charge in [0.15, 0.2) is 0 Å². The summed E-state index contributed by atoms with van der Waals surface area (Å²) in [6.07, 6.45) is 0.739. The lowest BCUT2D eigenvalue weighted by molar-refractivity contribution is -0.384. The van der Waals surface area contributed by atoms with Crippen molar-refractivity contribution in [1.82, 2.24) is 0 Å². The lowest BCUT2D eigenvalue weighted by Crippen LogP contribution is -2.05. The van der Waals surface area contributed by atoms with Gasteiger partial charge in [0.2, 0.25) is 0 Å². The highest BCUT2D eigenvalue weighted by molar-refractivity contribution is 9.09. The van der Waals surface area contributed by atoms with Crippen molar-refractivity contribution in [2.75, 3.05) is 0 Å².